The van der Waals surface area contributed by atoms with Crippen LogP contribution >= 0.6 is 0 Å². The number of rotatable bonds is 6. The Balaban J connectivity index is 2.46. The zero-order valence-electron chi connectivity index (χ0n) is 10.5. The Morgan fingerprint density at radius 1 is 1.16 bits per heavy atom. The molecule has 4 atom stereocenters. The van der Waals surface area contributed by atoms with Crippen LogP contribution in [0.2, 0.25) is 0 Å². The van der Waals surface area contributed by atoms with Gasteiger partial charge >= 0.3 is 5.97 Å². The van der Waals surface area contributed by atoms with Crippen molar-refractivity contribution in [3.8, 4) is 0 Å². The summed E-state index contributed by atoms with van der Waals surface area (Å²) in [5.74, 6) is -1.05. The molecule has 1 rings (SSSR count). The van der Waals surface area contributed by atoms with Gasteiger partial charge in [-0.25, -0.2) is 4.79 Å². The van der Waals surface area contributed by atoms with Crippen molar-refractivity contribution in [3.05, 3.63) is 0 Å². The van der Waals surface area contributed by atoms with Crippen LogP contribution in [-0.2, 0) is 9.53 Å². The highest BCUT2D eigenvalue weighted by Crippen LogP contribution is 2.12. The third kappa shape index (κ3) is 4.68. The summed E-state index contributed by atoms with van der Waals surface area (Å²) in [4.78, 5) is 11.6. The lowest BCUT2D eigenvalue weighted by Gasteiger charge is -2.27. The number of carbonyl (C=O) groups excluding carboxylic acids is 1. The van der Waals surface area contributed by atoms with E-state index in [9.17, 15) is 20.1 Å². The van der Waals surface area contributed by atoms with Gasteiger partial charge in [-0.05, 0) is 25.9 Å². The summed E-state index contributed by atoms with van der Waals surface area (Å²) < 4.78 is 4.99. The molecular weight excluding hydrogens is 258 g/mol. The van der Waals surface area contributed by atoms with Gasteiger partial charge in [-0.3, -0.25) is 0 Å². The zero-order valence-corrected chi connectivity index (χ0v) is 10.5. The summed E-state index contributed by atoms with van der Waals surface area (Å²) >= 11 is 0. The van der Waals surface area contributed by atoms with Gasteiger partial charge in [0.1, 0.15) is 24.4 Å². The second-order valence-corrected chi connectivity index (χ2v) is 4.56. The van der Waals surface area contributed by atoms with Crippen LogP contribution in [0.3, 0.4) is 0 Å². The first kappa shape index (κ1) is 16.3. The Labute approximate surface area is 110 Å². The zero-order chi connectivity index (χ0) is 14.4. The molecule has 0 aromatic heterocycles. The molecule has 0 aliphatic carbocycles. The molecule has 6 N–H and O–H groups in total. The summed E-state index contributed by atoms with van der Waals surface area (Å²) in [6.07, 6.45) is -6.48. The number of aliphatic hydroxyl groups is 5. The van der Waals surface area contributed by atoms with Gasteiger partial charge in [0.15, 0.2) is 6.10 Å². The number of piperidine rings is 1. The molecule has 0 spiro atoms. The molecule has 0 aromatic rings. The maximum Gasteiger partial charge on any atom is 0.338 e. The van der Waals surface area contributed by atoms with E-state index in [1.165, 1.54) is 0 Å². The first-order valence-corrected chi connectivity index (χ1v) is 6.21. The molecule has 1 aliphatic heterocycles. The number of aliphatic hydroxyl groups excluding tert-OH is 5. The van der Waals surface area contributed by atoms with Crippen molar-refractivity contribution >= 4 is 5.97 Å². The fourth-order valence-electron chi connectivity index (χ4n) is 1.81. The average Bonchev–Trinajstić information content (AvgIpc) is 2.44. The van der Waals surface area contributed by atoms with Crippen molar-refractivity contribution in [2.45, 2.75) is 43.4 Å². The SMILES string of the molecule is O=C(OC1CCNCC1)C(O)C(O)C(O)C(O)CO. The van der Waals surface area contributed by atoms with E-state index in [4.69, 9.17) is 14.9 Å². The van der Waals surface area contributed by atoms with Crippen LogP contribution in [0.5, 0.6) is 0 Å². The van der Waals surface area contributed by atoms with E-state index in [1.54, 1.807) is 0 Å². The lowest BCUT2D eigenvalue weighted by Crippen LogP contribution is -2.50. The van der Waals surface area contributed by atoms with Crippen molar-refractivity contribution in [3.63, 3.8) is 0 Å². The van der Waals surface area contributed by atoms with Gasteiger partial charge in [-0.1, -0.05) is 0 Å². The van der Waals surface area contributed by atoms with Gasteiger partial charge in [0.2, 0.25) is 0 Å². The van der Waals surface area contributed by atoms with E-state index in [1.807, 2.05) is 0 Å². The van der Waals surface area contributed by atoms with Crippen LogP contribution in [0.1, 0.15) is 12.8 Å². The van der Waals surface area contributed by atoms with Crippen molar-refractivity contribution in [1.82, 2.24) is 5.32 Å². The van der Waals surface area contributed by atoms with Crippen LogP contribution in [0.25, 0.3) is 0 Å². The topological polar surface area (TPSA) is 139 Å². The Hall–Kier alpha value is -0.770. The summed E-state index contributed by atoms with van der Waals surface area (Å²) in [7, 11) is 0. The van der Waals surface area contributed by atoms with Gasteiger partial charge < -0.3 is 35.6 Å². The Bertz CT molecular complexity index is 282. The monoisotopic (exact) mass is 279 g/mol. The highest BCUT2D eigenvalue weighted by atomic mass is 16.6. The fraction of sp³-hybridized carbons (Fsp3) is 0.909. The molecule has 0 bridgehead atoms. The molecule has 8 nitrogen and oxygen atoms in total. The van der Waals surface area contributed by atoms with Crippen LogP contribution in [0.15, 0.2) is 0 Å². The summed E-state index contributed by atoms with van der Waals surface area (Å²) in [5.41, 5.74) is 0. The third-order valence-corrected chi connectivity index (χ3v) is 3.07. The largest absolute Gasteiger partial charge is 0.460 e. The maximum absolute atomic E-state index is 11.6. The molecule has 4 unspecified atom stereocenters. The molecule has 0 saturated carbocycles. The molecule has 0 amide bonds. The number of nitrogens with one attached hydrogen (secondary N) is 1. The van der Waals surface area contributed by atoms with Crippen LogP contribution in [0, 0.1) is 0 Å². The van der Waals surface area contributed by atoms with E-state index in [0.717, 1.165) is 0 Å². The number of carbonyl (C=O) groups is 1. The number of hydrogen-bond donors (Lipinski definition) is 6. The number of esters is 1. The summed E-state index contributed by atoms with van der Waals surface area (Å²) in [6, 6.07) is 0. The van der Waals surface area contributed by atoms with Gasteiger partial charge in [0.05, 0.1) is 6.61 Å². The van der Waals surface area contributed by atoms with Gasteiger partial charge in [-0.15, -0.1) is 0 Å². The van der Waals surface area contributed by atoms with Crippen LogP contribution in [0.4, 0.5) is 0 Å². The van der Waals surface area contributed by atoms with E-state index in [2.05, 4.69) is 5.32 Å². The van der Waals surface area contributed by atoms with Crippen molar-refractivity contribution < 1.29 is 35.1 Å². The van der Waals surface area contributed by atoms with Crippen molar-refractivity contribution in [1.29, 1.82) is 0 Å². The van der Waals surface area contributed by atoms with Gasteiger partial charge in [0.25, 0.3) is 0 Å². The lowest BCUT2D eigenvalue weighted by atomic mass is 10.0. The average molecular weight is 279 g/mol. The molecule has 112 valence electrons. The molecule has 1 saturated heterocycles. The second kappa shape index (κ2) is 7.73. The highest BCUT2D eigenvalue weighted by Gasteiger charge is 2.36. The molecule has 1 fully saturated rings. The Kier molecular flexibility index (Phi) is 6.63. The van der Waals surface area contributed by atoms with Crippen molar-refractivity contribution in [2.24, 2.45) is 0 Å². The maximum atomic E-state index is 11.6. The van der Waals surface area contributed by atoms with Crippen LogP contribution in [-0.4, -0.2) is 81.7 Å². The Morgan fingerprint density at radius 2 is 1.74 bits per heavy atom. The minimum atomic E-state index is -1.97. The summed E-state index contributed by atoms with van der Waals surface area (Å²) in [6.45, 7) is 0.596. The van der Waals surface area contributed by atoms with Crippen molar-refractivity contribution in [2.75, 3.05) is 19.7 Å². The lowest BCUT2D eigenvalue weighted by molar-refractivity contribution is -0.176. The quantitative estimate of drug-likeness (QED) is 0.278. The minimum Gasteiger partial charge on any atom is -0.460 e. The Morgan fingerprint density at radius 3 is 2.26 bits per heavy atom. The van der Waals surface area contributed by atoms with E-state index in [-0.39, 0.29) is 6.10 Å². The smallest absolute Gasteiger partial charge is 0.338 e. The standard InChI is InChI=1S/C11H21NO7/c13-5-7(14)8(15)9(16)10(17)11(18)19-6-1-3-12-4-2-6/h6-10,12-17H,1-5H2. The third-order valence-electron chi connectivity index (χ3n) is 3.07. The number of ether oxygens (including phenoxy) is 1. The molecule has 0 radical (unpaired) electrons. The minimum absolute atomic E-state index is 0.337. The molecule has 19 heavy (non-hydrogen) atoms. The second-order valence-electron chi connectivity index (χ2n) is 4.56. The van der Waals surface area contributed by atoms with Gasteiger partial charge in [-0.2, -0.15) is 0 Å². The molecule has 8 heteroatoms. The first-order chi connectivity index (χ1) is 8.97. The predicted molar refractivity (Wildman–Crippen MR) is 63.1 cm³/mol. The molecular formula is C11H21NO7. The molecule has 0 aromatic carbocycles. The first-order valence-electron chi connectivity index (χ1n) is 6.21. The normalized spacial score (nSPS) is 23.4. The fourth-order valence-corrected chi connectivity index (χ4v) is 1.81. The summed E-state index contributed by atoms with van der Waals surface area (Å²) in [5, 5.41) is 49.2. The molecule has 1 heterocycles. The van der Waals surface area contributed by atoms with E-state index >= 15 is 0 Å². The molecule has 1 aliphatic rings. The van der Waals surface area contributed by atoms with Gasteiger partial charge in [0, 0.05) is 0 Å². The van der Waals surface area contributed by atoms with E-state index < -0.39 is 37.0 Å². The highest BCUT2D eigenvalue weighted by molar-refractivity contribution is 5.75. The van der Waals surface area contributed by atoms with E-state index in [0.29, 0.717) is 25.9 Å². The number of hydrogen-bond acceptors (Lipinski definition) is 8. The van der Waals surface area contributed by atoms with Crippen LogP contribution < -0.4 is 5.32 Å². The predicted octanol–water partition coefficient (Wildman–Crippen LogP) is -3.28.